The van der Waals surface area contributed by atoms with Crippen LogP contribution in [0.1, 0.15) is 102 Å². The molecular weight excluding hydrogens is 782 g/mol. The highest BCUT2D eigenvalue weighted by Crippen LogP contribution is 2.35. The molecule has 17 nitrogen and oxygen atoms in total. The highest BCUT2D eigenvalue weighted by atomic mass is 16.7. The lowest BCUT2D eigenvalue weighted by atomic mass is 9.96. The summed E-state index contributed by atoms with van der Waals surface area (Å²) in [6.07, 6.45) is -5.24. The van der Waals surface area contributed by atoms with E-state index in [9.17, 15) is 28.8 Å². The number of nitrogens with zero attached hydrogens (tertiary/aromatic N) is 1. The van der Waals surface area contributed by atoms with Crippen molar-refractivity contribution in [3.8, 4) is 11.6 Å². The molecule has 1 aliphatic rings. The van der Waals surface area contributed by atoms with Crippen LogP contribution in [-0.2, 0) is 70.2 Å². The van der Waals surface area contributed by atoms with E-state index in [2.05, 4.69) is 15.5 Å². The summed E-state index contributed by atoms with van der Waals surface area (Å²) in [5, 5.41) is 10.3. The molecule has 3 aromatic rings. The van der Waals surface area contributed by atoms with Crippen molar-refractivity contribution >= 4 is 36.1 Å². The van der Waals surface area contributed by atoms with E-state index in [-0.39, 0.29) is 43.8 Å². The molecule has 1 aromatic heterocycles. The number of H-pyrrole nitrogens is 1. The monoisotopic (exact) mass is 837 g/mol. The van der Waals surface area contributed by atoms with Crippen LogP contribution in [0.3, 0.4) is 0 Å². The molecule has 2 N–H and O–H groups in total. The molecule has 0 aliphatic carbocycles. The fourth-order valence-corrected chi connectivity index (χ4v) is 6.55. The second kappa shape index (κ2) is 22.0. The first-order valence-electron chi connectivity index (χ1n) is 19.7. The molecule has 1 amide bonds. The number of carbonyl (C=O) groups is 6. The first-order valence-corrected chi connectivity index (χ1v) is 19.7. The van der Waals surface area contributed by atoms with Gasteiger partial charge in [0.25, 0.3) is 0 Å². The number of aromatic amines is 1. The zero-order chi connectivity index (χ0) is 44.0. The Kier molecular flexibility index (Phi) is 17.2. The Morgan fingerprint density at radius 3 is 2.20 bits per heavy atom. The van der Waals surface area contributed by atoms with Crippen LogP contribution in [0.5, 0.6) is 11.6 Å². The van der Waals surface area contributed by atoms with Crippen molar-refractivity contribution in [2.24, 2.45) is 0 Å². The van der Waals surface area contributed by atoms with Crippen molar-refractivity contribution in [1.82, 2.24) is 15.5 Å². The van der Waals surface area contributed by atoms with E-state index in [1.54, 1.807) is 6.92 Å². The van der Waals surface area contributed by atoms with Gasteiger partial charge in [0, 0.05) is 51.8 Å². The number of aryl methyl sites for hydroxylation is 1. The van der Waals surface area contributed by atoms with Gasteiger partial charge in [-0.3, -0.25) is 29.1 Å². The van der Waals surface area contributed by atoms with Crippen LogP contribution < -0.4 is 14.8 Å². The van der Waals surface area contributed by atoms with Gasteiger partial charge in [-0.25, -0.2) is 0 Å². The Bertz CT molecular complexity index is 1950. The minimum atomic E-state index is -1.47. The number of aldehydes is 1. The van der Waals surface area contributed by atoms with Crippen LogP contribution in [0.2, 0.25) is 0 Å². The Morgan fingerprint density at radius 1 is 0.917 bits per heavy atom. The second-order valence-corrected chi connectivity index (χ2v) is 14.9. The van der Waals surface area contributed by atoms with E-state index in [0.717, 1.165) is 43.2 Å². The van der Waals surface area contributed by atoms with E-state index >= 15 is 0 Å². The van der Waals surface area contributed by atoms with Crippen molar-refractivity contribution in [2.75, 3.05) is 13.2 Å². The normalized spacial score (nSPS) is 19.6. The fraction of sp³-hybridized carbons (Fsp3) is 0.512. The maximum Gasteiger partial charge on any atom is 0.303 e. The molecule has 0 bridgehead atoms. The van der Waals surface area contributed by atoms with Gasteiger partial charge in [-0.05, 0) is 55.0 Å². The lowest BCUT2D eigenvalue weighted by Crippen LogP contribution is -2.63. The smallest absolute Gasteiger partial charge is 0.303 e. The van der Waals surface area contributed by atoms with Gasteiger partial charge in [0.1, 0.15) is 30.5 Å². The van der Waals surface area contributed by atoms with Crippen LogP contribution in [0, 0.1) is 6.92 Å². The molecule has 326 valence electrons. The largest absolute Gasteiger partial charge is 0.494 e. The van der Waals surface area contributed by atoms with Gasteiger partial charge < -0.3 is 48.0 Å². The maximum absolute atomic E-state index is 12.8. The number of hydrogen-bond acceptors (Lipinski definition) is 15. The van der Waals surface area contributed by atoms with Gasteiger partial charge in [0.15, 0.2) is 12.2 Å². The van der Waals surface area contributed by atoms with Crippen LogP contribution >= 0.6 is 0 Å². The van der Waals surface area contributed by atoms with E-state index in [1.807, 2.05) is 69.3 Å². The third-order valence-electron chi connectivity index (χ3n) is 9.39. The number of amides is 1. The van der Waals surface area contributed by atoms with Crippen molar-refractivity contribution in [3.05, 3.63) is 76.5 Å². The zero-order valence-corrected chi connectivity index (χ0v) is 35.3. The fourth-order valence-electron chi connectivity index (χ4n) is 6.55. The summed E-state index contributed by atoms with van der Waals surface area (Å²) in [6.45, 7) is 12.2. The lowest BCUT2D eigenvalue weighted by molar-refractivity contribution is -0.289. The number of rotatable bonds is 21. The third-order valence-corrected chi connectivity index (χ3v) is 9.39. The summed E-state index contributed by atoms with van der Waals surface area (Å²) in [4.78, 5) is 72.8. The molecule has 60 heavy (non-hydrogen) atoms. The average molecular weight is 838 g/mol. The number of nitrogens with one attached hydrogen (secondary N) is 2. The molecule has 6 atom stereocenters. The Hall–Kier alpha value is -5.81. The Labute approximate surface area is 349 Å². The first-order chi connectivity index (χ1) is 28.5. The molecule has 0 spiro atoms. The van der Waals surface area contributed by atoms with Crippen molar-refractivity contribution in [2.45, 2.75) is 130 Å². The van der Waals surface area contributed by atoms with Gasteiger partial charge in [0.05, 0.1) is 19.6 Å². The number of ether oxygens (including phenoxy) is 8. The van der Waals surface area contributed by atoms with E-state index in [4.69, 9.17) is 37.9 Å². The molecule has 1 unspecified atom stereocenters. The van der Waals surface area contributed by atoms with Crippen LogP contribution in [0.25, 0.3) is 0 Å². The topological polar surface area (TPSA) is 217 Å². The van der Waals surface area contributed by atoms with Crippen molar-refractivity contribution < 1.29 is 66.7 Å². The van der Waals surface area contributed by atoms with Gasteiger partial charge >= 0.3 is 23.9 Å². The molecule has 4 rings (SSSR count). The molecule has 1 fully saturated rings. The molecule has 17 heteroatoms. The van der Waals surface area contributed by atoms with Crippen LogP contribution in [-0.4, -0.2) is 95.9 Å². The van der Waals surface area contributed by atoms with Crippen LogP contribution in [0.15, 0.2) is 48.5 Å². The molecule has 0 radical (unpaired) electrons. The van der Waals surface area contributed by atoms with Gasteiger partial charge in [0.2, 0.25) is 24.2 Å². The summed E-state index contributed by atoms with van der Waals surface area (Å²) >= 11 is 0. The highest BCUT2D eigenvalue weighted by Gasteiger charge is 2.53. The molecule has 1 saturated heterocycles. The summed E-state index contributed by atoms with van der Waals surface area (Å²) in [5.74, 6) is -2.53. The molecule has 1 aliphatic heterocycles. The SMILES string of the molecule is CC(=O)OC[C@H]1O[C@@H](Oc2n[nH]c(C(C)C)c2Cc2ccc(OCCCC(=O)NC(C)(CC=O)OCc3ccccc3)cc2C)[C@H](OC(C)=O)[C@@H](OC(C)=O)[C@H]1OC(C)=O. The zero-order valence-electron chi connectivity index (χ0n) is 35.3. The standard InChI is InChI=1S/C43H55N3O14/c1-25(2)37-34(41(46-45-37)60-42-40(58-30(7)51)39(57-29(6)50)38(56-28(5)49)35(59-42)24-54-27(4)48)22-32-16-17-33(21-26(32)3)53-20-12-15-36(52)44-43(8,18-19-47)55-23-31-13-10-9-11-14-31/h9-11,13-14,16-17,19,21,25,35,38-40,42H,12,15,18,20,22-24H2,1-8H3,(H,44,52)(H,45,46)/t35-,38+,39+,40-,42+,43?/m1/s1. The van der Waals surface area contributed by atoms with Gasteiger partial charge in [-0.1, -0.05) is 50.2 Å². The number of aromatic nitrogens is 2. The number of benzene rings is 2. The number of hydrogen-bond donors (Lipinski definition) is 2. The number of carbonyl (C=O) groups excluding carboxylic acids is 6. The Morgan fingerprint density at radius 2 is 1.58 bits per heavy atom. The molecule has 2 aromatic carbocycles. The quantitative estimate of drug-likeness (QED) is 0.0489. The van der Waals surface area contributed by atoms with E-state index < -0.39 is 66.9 Å². The van der Waals surface area contributed by atoms with Crippen molar-refractivity contribution in [1.29, 1.82) is 0 Å². The van der Waals surface area contributed by atoms with Gasteiger partial charge in [-0.15, -0.1) is 5.10 Å². The predicted octanol–water partition coefficient (Wildman–Crippen LogP) is 4.69. The van der Waals surface area contributed by atoms with Gasteiger partial charge in [-0.2, -0.15) is 0 Å². The van der Waals surface area contributed by atoms with E-state index in [0.29, 0.717) is 30.4 Å². The predicted molar refractivity (Wildman–Crippen MR) is 212 cm³/mol. The molecule has 0 saturated carbocycles. The second-order valence-electron chi connectivity index (χ2n) is 14.9. The van der Waals surface area contributed by atoms with E-state index in [1.165, 1.54) is 6.92 Å². The Balaban J connectivity index is 1.47. The first kappa shape index (κ1) is 46.9. The summed E-state index contributed by atoms with van der Waals surface area (Å²) in [7, 11) is 0. The number of esters is 4. The molecule has 2 heterocycles. The minimum Gasteiger partial charge on any atom is -0.494 e. The molecular formula is C43H55N3O14. The highest BCUT2D eigenvalue weighted by molar-refractivity contribution is 5.77. The lowest BCUT2D eigenvalue weighted by Gasteiger charge is -2.43. The third kappa shape index (κ3) is 13.9. The van der Waals surface area contributed by atoms with Crippen LogP contribution in [0.4, 0.5) is 0 Å². The van der Waals surface area contributed by atoms with Crippen molar-refractivity contribution in [3.63, 3.8) is 0 Å². The summed E-state index contributed by atoms with van der Waals surface area (Å²) in [6, 6.07) is 15.1. The maximum atomic E-state index is 12.8. The minimum absolute atomic E-state index is 0.00527. The summed E-state index contributed by atoms with van der Waals surface area (Å²) in [5.41, 5.74) is 2.97. The summed E-state index contributed by atoms with van der Waals surface area (Å²) < 4.78 is 46.2. The average Bonchev–Trinajstić information content (AvgIpc) is 3.57.